The molecule has 0 aliphatic carbocycles. The Bertz CT molecular complexity index is 392. The van der Waals surface area contributed by atoms with Crippen LogP contribution in [0.15, 0.2) is 0 Å². The van der Waals surface area contributed by atoms with Crippen LogP contribution in [0.1, 0.15) is 39.0 Å². The average molecular weight is 305 g/mol. The van der Waals surface area contributed by atoms with E-state index in [-0.39, 0.29) is 18.2 Å². The Balaban J connectivity index is 2.54. The maximum atomic E-state index is 12.3. The zero-order valence-electron chi connectivity index (χ0n) is 12.5. The molecule has 1 heterocycles. The fourth-order valence-electron chi connectivity index (χ4n) is 2.40. The first-order chi connectivity index (χ1) is 9.49. The molecule has 6 nitrogen and oxygen atoms in total. The number of sulfonamides is 1. The number of rotatable bonds is 8. The number of likely N-dealkylation sites (N-methyl/N-ethyl adjacent to an activating group) is 1. The molecule has 0 bridgehead atoms. The lowest BCUT2D eigenvalue weighted by molar-refractivity contribution is -0.120. The third-order valence-corrected chi connectivity index (χ3v) is 5.45. The van der Waals surface area contributed by atoms with Gasteiger partial charge in [-0.25, -0.2) is 8.42 Å². The molecule has 0 spiro atoms. The molecular weight excluding hydrogens is 278 g/mol. The quantitative estimate of drug-likeness (QED) is 0.676. The number of carbonyl (C=O) groups is 1. The number of nitrogens with one attached hydrogen (secondary N) is 2. The highest BCUT2D eigenvalue weighted by molar-refractivity contribution is 7.89. The lowest BCUT2D eigenvalue weighted by Crippen LogP contribution is -2.42. The van der Waals surface area contributed by atoms with Crippen LogP contribution in [0.5, 0.6) is 0 Å². The summed E-state index contributed by atoms with van der Waals surface area (Å²) < 4.78 is 26.0. The van der Waals surface area contributed by atoms with Crippen LogP contribution in [0.3, 0.4) is 0 Å². The normalized spacial score (nSPS) is 20.1. The molecule has 1 amide bonds. The largest absolute Gasteiger partial charge is 0.358 e. The van der Waals surface area contributed by atoms with Gasteiger partial charge in [-0.15, -0.1) is 0 Å². The lowest BCUT2D eigenvalue weighted by Gasteiger charge is -2.25. The Morgan fingerprint density at radius 2 is 2.15 bits per heavy atom. The fraction of sp³-hybridized carbons (Fsp3) is 0.923. The second-order valence-electron chi connectivity index (χ2n) is 5.26. The van der Waals surface area contributed by atoms with Crippen molar-refractivity contribution in [3.05, 3.63) is 0 Å². The minimum absolute atomic E-state index is 0.0786. The van der Waals surface area contributed by atoms with Gasteiger partial charge in [0.05, 0.1) is 12.3 Å². The fourth-order valence-corrected chi connectivity index (χ4v) is 4.01. The lowest BCUT2D eigenvalue weighted by atomic mass is 10.0. The van der Waals surface area contributed by atoms with Crippen LogP contribution in [0.2, 0.25) is 0 Å². The average Bonchev–Trinajstić information content (AvgIpc) is 2.45. The first-order valence-corrected chi connectivity index (χ1v) is 9.02. The summed E-state index contributed by atoms with van der Waals surface area (Å²) in [6.07, 6.45) is 4.70. The number of carbonyl (C=O) groups excluding carboxylic acids is 1. The molecule has 2 N–H and O–H groups in total. The molecule has 0 aromatic rings. The maximum absolute atomic E-state index is 12.3. The van der Waals surface area contributed by atoms with E-state index in [2.05, 4.69) is 10.6 Å². The topological polar surface area (TPSA) is 78.5 Å². The van der Waals surface area contributed by atoms with Crippen LogP contribution >= 0.6 is 0 Å². The summed E-state index contributed by atoms with van der Waals surface area (Å²) in [6.45, 7) is 3.20. The molecule has 118 valence electrons. The van der Waals surface area contributed by atoms with Crippen LogP contribution < -0.4 is 10.6 Å². The van der Waals surface area contributed by atoms with Gasteiger partial charge in [0.1, 0.15) is 0 Å². The molecule has 1 atom stereocenters. The molecule has 1 rings (SSSR count). The van der Waals surface area contributed by atoms with Crippen molar-refractivity contribution in [1.82, 2.24) is 14.9 Å². The summed E-state index contributed by atoms with van der Waals surface area (Å²) in [5.41, 5.74) is 0. The summed E-state index contributed by atoms with van der Waals surface area (Å²) in [7, 11) is -1.84. The van der Waals surface area contributed by atoms with E-state index in [0.717, 1.165) is 19.4 Å². The van der Waals surface area contributed by atoms with Crippen LogP contribution in [-0.4, -0.2) is 57.1 Å². The molecule has 1 aliphatic rings. The van der Waals surface area contributed by atoms with Crippen molar-refractivity contribution in [1.29, 1.82) is 0 Å². The van der Waals surface area contributed by atoms with Crippen molar-refractivity contribution in [2.75, 3.05) is 32.4 Å². The van der Waals surface area contributed by atoms with Crippen LogP contribution in [0.25, 0.3) is 0 Å². The Morgan fingerprint density at radius 3 is 2.70 bits per heavy atom. The predicted octanol–water partition coefficient (Wildman–Crippen LogP) is 0.306. The van der Waals surface area contributed by atoms with E-state index in [1.165, 1.54) is 17.8 Å². The zero-order chi connectivity index (χ0) is 15.0. The molecule has 1 unspecified atom stereocenters. The zero-order valence-corrected chi connectivity index (χ0v) is 13.3. The number of hydrogen-bond donors (Lipinski definition) is 2. The molecule has 0 radical (unpaired) electrons. The Kier molecular flexibility index (Phi) is 7.47. The van der Waals surface area contributed by atoms with Gasteiger partial charge < -0.3 is 10.6 Å². The highest BCUT2D eigenvalue weighted by Gasteiger charge is 2.25. The van der Waals surface area contributed by atoms with E-state index in [1.54, 1.807) is 0 Å². The van der Waals surface area contributed by atoms with Crippen molar-refractivity contribution in [2.45, 2.75) is 45.1 Å². The molecule has 1 fully saturated rings. The maximum Gasteiger partial charge on any atom is 0.235 e. The van der Waals surface area contributed by atoms with E-state index in [0.29, 0.717) is 25.4 Å². The minimum Gasteiger partial charge on any atom is -0.358 e. The number of piperidine rings is 1. The Morgan fingerprint density at radius 1 is 1.40 bits per heavy atom. The molecule has 0 saturated carbocycles. The van der Waals surface area contributed by atoms with Gasteiger partial charge in [-0.1, -0.05) is 13.3 Å². The van der Waals surface area contributed by atoms with Crippen LogP contribution in [-0.2, 0) is 14.8 Å². The molecule has 7 heteroatoms. The SMILES string of the molecule is CCCN(CC(=O)NC)S(=O)(=O)CCC1CCCCN1. The number of nitrogens with zero attached hydrogens (tertiary/aromatic N) is 1. The highest BCUT2D eigenvalue weighted by Crippen LogP contribution is 2.13. The minimum atomic E-state index is -3.36. The van der Waals surface area contributed by atoms with E-state index in [4.69, 9.17) is 0 Å². The molecule has 1 aliphatic heterocycles. The van der Waals surface area contributed by atoms with E-state index in [1.807, 2.05) is 6.92 Å². The van der Waals surface area contributed by atoms with Gasteiger partial charge in [-0.05, 0) is 32.2 Å². The molecule has 1 saturated heterocycles. The first-order valence-electron chi connectivity index (χ1n) is 7.41. The van der Waals surface area contributed by atoms with E-state index >= 15 is 0 Å². The molecule has 0 aromatic carbocycles. The Labute approximate surface area is 122 Å². The standard InChI is InChI=1S/C13H27N3O3S/c1-3-9-16(11-13(17)14-2)20(18,19)10-7-12-6-4-5-8-15-12/h12,15H,3-11H2,1-2H3,(H,14,17). The second kappa shape index (κ2) is 8.59. The van der Waals surface area contributed by atoms with Gasteiger partial charge in [-0.3, -0.25) is 4.79 Å². The summed E-state index contributed by atoms with van der Waals surface area (Å²) >= 11 is 0. The third-order valence-electron chi connectivity index (χ3n) is 3.60. The molecular formula is C13H27N3O3S. The number of hydrogen-bond acceptors (Lipinski definition) is 4. The van der Waals surface area contributed by atoms with Gasteiger partial charge in [0, 0.05) is 19.6 Å². The summed E-state index contributed by atoms with van der Waals surface area (Å²) in [5.74, 6) is -0.153. The van der Waals surface area contributed by atoms with E-state index in [9.17, 15) is 13.2 Å². The first kappa shape index (κ1) is 17.4. The van der Waals surface area contributed by atoms with Crippen LogP contribution in [0, 0.1) is 0 Å². The highest BCUT2D eigenvalue weighted by atomic mass is 32.2. The smallest absolute Gasteiger partial charge is 0.235 e. The van der Waals surface area contributed by atoms with Crippen LogP contribution in [0.4, 0.5) is 0 Å². The number of amides is 1. The summed E-state index contributed by atoms with van der Waals surface area (Å²) in [4.78, 5) is 11.4. The van der Waals surface area contributed by atoms with Crippen molar-refractivity contribution in [3.8, 4) is 0 Å². The van der Waals surface area contributed by atoms with E-state index < -0.39 is 10.0 Å². The van der Waals surface area contributed by atoms with Gasteiger partial charge in [0.25, 0.3) is 0 Å². The third kappa shape index (κ3) is 5.76. The summed E-state index contributed by atoms with van der Waals surface area (Å²) in [5, 5.41) is 5.83. The van der Waals surface area contributed by atoms with Crippen molar-refractivity contribution in [2.24, 2.45) is 0 Å². The van der Waals surface area contributed by atoms with Crippen molar-refractivity contribution >= 4 is 15.9 Å². The molecule has 20 heavy (non-hydrogen) atoms. The van der Waals surface area contributed by atoms with Gasteiger partial charge in [0.15, 0.2) is 0 Å². The van der Waals surface area contributed by atoms with Gasteiger partial charge in [0.2, 0.25) is 15.9 Å². The Hall–Kier alpha value is -0.660. The van der Waals surface area contributed by atoms with Gasteiger partial charge >= 0.3 is 0 Å². The predicted molar refractivity (Wildman–Crippen MR) is 80.0 cm³/mol. The monoisotopic (exact) mass is 305 g/mol. The summed E-state index contributed by atoms with van der Waals surface area (Å²) in [6, 6.07) is 0.294. The van der Waals surface area contributed by atoms with Crippen molar-refractivity contribution < 1.29 is 13.2 Å². The second-order valence-corrected chi connectivity index (χ2v) is 7.35. The van der Waals surface area contributed by atoms with Gasteiger partial charge in [-0.2, -0.15) is 4.31 Å². The van der Waals surface area contributed by atoms with Crippen molar-refractivity contribution in [3.63, 3.8) is 0 Å². The molecule has 0 aromatic heterocycles.